The molecule has 0 saturated carbocycles. The second-order valence-corrected chi connectivity index (χ2v) is 11.9. The first-order valence-corrected chi connectivity index (χ1v) is 15.3. The Kier molecular flexibility index (Phi) is 11.8. The molecular formula is C34H40N4O3S. The Bertz CT molecular complexity index is 1380. The van der Waals surface area contributed by atoms with Crippen LogP contribution in [0.3, 0.4) is 0 Å². The summed E-state index contributed by atoms with van der Waals surface area (Å²) in [6.07, 6.45) is 15.6. The van der Waals surface area contributed by atoms with E-state index in [1.165, 1.54) is 0 Å². The Morgan fingerprint density at radius 2 is 1.64 bits per heavy atom. The van der Waals surface area contributed by atoms with Gasteiger partial charge < -0.3 is 19.1 Å². The topological polar surface area (TPSA) is 102 Å². The Hall–Kier alpha value is -4.06. The number of rotatable bonds is 13. The fourth-order valence-corrected chi connectivity index (χ4v) is 5.96. The lowest BCUT2D eigenvalue weighted by molar-refractivity contribution is 0.0953. The molecule has 1 aromatic rings. The number of hydrogen-bond acceptors (Lipinski definition) is 8. The molecular weight excluding hydrogens is 544 g/mol. The zero-order chi connectivity index (χ0) is 30.7. The number of ether oxygens (including phenoxy) is 3. The number of thioether (sulfide) groups is 1. The molecule has 1 unspecified atom stereocenters. The minimum atomic E-state index is -0.822. The van der Waals surface area contributed by atoms with Crippen LogP contribution in [-0.4, -0.2) is 38.2 Å². The van der Waals surface area contributed by atoms with E-state index >= 15 is 0 Å². The summed E-state index contributed by atoms with van der Waals surface area (Å²) in [5.74, 6) is 1.60. The minimum Gasteiger partial charge on any atom is -0.496 e. The predicted molar refractivity (Wildman–Crippen MR) is 170 cm³/mol. The molecule has 3 rings (SSSR count). The molecule has 7 nitrogen and oxygen atoms in total. The van der Waals surface area contributed by atoms with Crippen LogP contribution in [0.4, 0.5) is 5.69 Å². The van der Waals surface area contributed by atoms with Gasteiger partial charge in [0.25, 0.3) is 0 Å². The van der Waals surface area contributed by atoms with E-state index in [2.05, 4.69) is 55.2 Å². The molecule has 0 fully saturated rings. The van der Waals surface area contributed by atoms with Crippen LogP contribution in [0.1, 0.15) is 65.4 Å². The van der Waals surface area contributed by atoms with Gasteiger partial charge in [0.15, 0.2) is 11.3 Å². The monoisotopic (exact) mass is 584 g/mol. The molecule has 0 spiro atoms. The van der Waals surface area contributed by atoms with Crippen LogP contribution in [0, 0.1) is 34.0 Å². The number of nitrogens with zero attached hydrogens (tertiary/aromatic N) is 4. The number of nitriles is 3. The molecule has 1 atom stereocenters. The molecule has 2 aliphatic rings. The number of benzene rings is 1. The quantitative estimate of drug-likeness (QED) is 0.215. The van der Waals surface area contributed by atoms with Crippen molar-refractivity contribution in [2.45, 2.75) is 70.7 Å². The molecule has 0 N–H and O–H groups in total. The zero-order valence-corrected chi connectivity index (χ0v) is 26.3. The molecule has 2 heterocycles. The normalized spacial score (nSPS) is 17.5. The number of hydrogen-bond donors (Lipinski definition) is 0. The molecule has 0 radical (unpaired) electrons. The van der Waals surface area contributed by atoms with Crippen LogP contribution in [-0.2, 0) is 4.74 Å². The van der Waals surface area contributed by atoms with Gasteiger partial charge in [0, 0.05) is 46.6 Å². The smallest absolute Gasteiger partial charge is 0.172 e. The van der Waals surface area contributed by atoms with Crippen molar-refractivity contribution < 1.29 is 14.2 Å². The van der Waals surface area contributed by atoms with Gasteiger partial charge in [-0.15, -0.1) is 11.8 Å². The summed E-state index contributed by atoms with van der Waals surface area (Å²) in [4.78, 5) is 3.54. The van der Waals surface area contributed by atoms with Crippen molar-refractivity contribution in [2.24, 2.45) is 0 Å². The van der Waals surface area contributed by atoms with E-state index in [1.807, 2.05) is 38.1 Å². The second kappa shape index (κ2) is 15.2. The third-order valence-corrected chi connectivity index (χ3v) is 8.48. The molecule has 0 aromatic heterocycles. The van der Waals surface area contributed by atoms with Crippen LogP contribution < -0.4 is 14.4 Å². The highest BCUT2D eigenvalue weighted by Gasteiger charge is 2.38. The maximum absolute atomic E-state index is 9.78. The first kappa shape index (κ1) is 32.5. The van der Waals surface area contributed by atoms with Crippen molar-refractivity contribution in [3.05, 3.63) is 69.4 Å². The fourth-order valence-electron chi connectivity index (χ4n) is 4.92. The summed E-state index contributed by atoms with van der Waals surface area (Å²) in [5.41, 5.74) is 1.89. The lowest BCUT2D eigenvalue weighted by Gasteiger charge is -2.26. The van der Waals surface area contributed by atoms with Gasteiger partial charge in [-0.05, 0) is 45.3 Å². The van der Waals surface area contributed by atoms with E-state index in [9.17, 15) is 15.8 Å². The highest BCUT2D eigenvalue weighted by molar-refractivity contribution is 8.04. The van der Waals surface area contributed by atoms with E-state index < -0.39 is 5.60 Å². The fraction of sp³-hybridized carbons (Fsp3) is 0.441. The summed E-state index contributed by atoms with van der Waals surface area (Å²) in [6, 6.07) is 10.0. The maximum atomic E-state index is 9.78. The Morgan fingerprint density at radius 3 is 2.17 bits per heavy atom. The van der Waals surface area contributed by atoms with Crippen molar-refractivity contribution in [3.63, 3.8) is 0 Å². The van der Waals surface area contributed by atoms with Crippen LogP contribution in [0.25, 0.3) is 6.08 Å². The van der Waals surface area contributed by atoms with Gasteiger partial charge in [-0.25, -0.2) is 0 Å². The second-order valence-electron chi connectivity index (χ2n) is 10.6. The Labute approximate surface area is 255 Å². The third-order valence-electron chi connectivity index (χ3n) is 7.25. The Balaban J connectivity index is 1.80. The molecule has 1 aromatic carbocycles. The number of unbranched alkanes of at least 4 members (excludes halogenated alkanes) is 2. The molecule has 0 saturated heterocycles. The molecule has 0 amide bonds. The van der Waals surface area contributed by atoms with Gasteiger partial charge in [0.2, 0.25) is 0 Å². The molecule has 220 valence electrons. The number of anilines is 1. The maximum Gasteiger partial charge on any atom is 0.172 e. The standard InChI is InChI=1S/C34H40N4O3S/c1-7-9-17-38(18-10-8-2)25-19-31(39-5)28(32(20-25)40-6)15-13-26-11-12-27(42-26)14-16-30-29(23-37)33(24(21-35)22-36)41-34(30,3)4/h11,13-16,19-20,27H,7-10,12,17-18H2,1-6H3/b15-13+,16-14+. The van der Waals surface area contributed by atoms with Gasteiger partial charge in [-0.3, -0.25) is 0 Å². The van der Waals surface area contributed by atoms with E-state index in [0.717, 1.165) is 72.8 Å². The molecule has 2 aliphatic heterocycles. The number of methoxy groups -OCH3 is 2. The van der Waals surface area contributed by atoms with Crippen molar-refractivity contribution in [3.8, 4) is 29.7 Å². The first-order valence-electron chi connectivity index (χ1n) is 14.4. The summed E-state index contributed by atoms with van der Waals surface area (Å²) in [7, 11) is 3.38. The van der Waals surface area contributed by atoms with Gasteiger partial charge in [-0.2, -0.15) is 15.8 Å². The van der Waals surface area contributed by atoms with Gasteiger partial charge >= 0.3 is 0 Å². The zero-order valence-electron chi connectivity index (χ0n) is 25.5. The lowest BCUT2D eigenvalue weighted by Crippen LogP contribution is -2.25. The van der Waals surface area contributed by atoms with Gasteiger partial charge in [-0.1, -0.05) is 44.9 Å². The molecule has 8 heteroatoms. The molecule has 0 bridgehead atoms. The van der Waals surface area contributed by atoms with E-state index in [1.54, 1.807) is 26.0 Å². The third kappa shape index (κ3) is 7.61. The van der Waals surface area contributed by atoms with Crippen LogP contribution >= 0.6 is 11.8 Å². The summed E-state index contributed by atoms with van der Waals surface area (Å²) in [6.45, 7) is 10.1. The van der Waals surface area contributed by atoms with Gasteiger partial charge in [0.1, 0.15) is 40.9 Å². The van der Waals surface area contributed by atoms with Crippen molar-refractivity contribution in [2.75, 3.05) is 32.2 Å². The van der Waals surface area contributed by atoms with Crippen LogP contribution in [0.5, 0.6) is 11.5 Å². The summed E-state index contributed by atoms with van der Waals surface area (Å²) < 4.78 is 17.5. The average Bonchev–Trinajstić information content (AvgIpc) is 3.55. The van der Waals surface area contributed by atoms with Crippen LogP contribution in [0.2, 0.25) is 0 Å². The van der Waals surface area contributed by atoms with Crippen molar-refractivity contribution in [1.82, 2.24) is 0 Å². The minimum absolute atomic E-state index is 0.0562. The van der Waals surface area contributed by atoms with Crippen molar-refractivity contribution >= 4 is 23.5 Å². The molecule has 42 heavy (non-hydrogen) atoms. The summed E-state index contributed by atoms with van der Waals surface area (Å²) in [5, 5.41) is 28.5. The van der Waals surface area contributed by atoms with E-state index in [-0.39, 0.29) is 22.2 Å². The largest absolute Gasteiger partial charge is 0.496 e. The van der Waals surface area contributed by atoms with Gasteiger partial charge in [0.05, 0.1) is 19.8 Å². The van der Waals surface area contributed by atoms with E-state index in [4.69, 9.17) is 14.2 Å². The average molecular weight is 585 g/mol. The van der Waals surface area contributed by atoms with E-state index in [0.29, 0.717) is 5.57 Å². The predicted octanol–water partition coefficient (Wildman–Crippen LogP) is 8.00. The SMILES string of the molecule is CCCCN(CCCC)c1cc(OC)c(/C=C/C2=CCC(/C=C/C3=C(C#N)C(=C(C#N)C#N)OC3(C)C)S2)c(OC)c1. The lowest BCUT2D eigenvalue weighted by atomic mass is 9.94. The first-order chi connectivity index (χ1) is 20.3. The molecule has 0 aliphatic carbocycles. The highest BCUT2D eigenvalue weighted by atomic mass is 32.2. The highest BCUT2D eigenvalue weighted by Crippen LogP contribution is 2.42. The Morgan fingerprint density at radius 1 is 1.02 bits per heavy atom. The van der Waals surface area contributed by atoms with Crippen molar-refractivity contribution in [1.29, 1.82) is 15.8 Å². The van der Waals surface area contributed by atoms with Crippen LogP contribution in [0.15, 0.2) is 63.8 Å². The summed E-state index contributed by atoms with van der Waals surface area (Å²) >= 11 is 1.73. The number of allylic oxidation sites excluding steroid dienone is 4.